The Morgan fingerprint density at radius 1 is 0.600 bits per heavy atom. The Morgan fingerprint density at radius 3 is 2.05 bits per heavy atom. The molecule has 3 heterocycles. The lowest BCUT2D eigenvalue weighted by atomic mass is 9.92. The molecule has 7 aromatic carbocycles. The second kappa shape index (κ2) is 20.1. The molecule has 0 saturated carbocycles. The van der Waals surface area contributed by atoms with E-state index in [4.69, 9.17) is 0 Å². The molecule has 4 heteroatoms. The molecule has 3 aromatic heterocycles. The van der Waals surface area contributed by atoms with Crippen LogP contribution in [0.5, 0.6) is 0 Å². The fourth-order valence-corrected chi connectivity index (χ4v) is 10.5. The summed E-state index contributed by atoms with van der Waals surface area (Å²) in [5, 5.41) is 10.3. The van der Waals surface area contributed by atoms with Crippen molar-refractivity contribution in [3.8, 4) is 22.5 Å². The van der Waals surface area contributed by atoms with E-state index in [1.54, 1.807) is 0 Å². The van der Waals surface area contributed by atoms with Crippen LogP contribution >= 0.6 is 11.3 Å². The van der Waals surface area contributed by atoms with Crippen molar-refractivity contribution in [1.82, 2.24) is 9.13 Å². The molecular weight excluding hydrogens is 807 g/mol. The summed E-state index contributed by atoms with van der Waals surface area (Å²) in [4.78, 5) is 0. The molecule has 10 aromatic rings. The molecule has 1 N–H and O–H groups in total. The van der Waals surface area contributed by atoms with Gasteiger partial charge in [-0.2, -0.15) is 0 Å². The lowest BCUT2D eigenvalue weighted by Gasteiger charge is -2.23. The highest BCUT2D eigenvalue weighted by Gasteiger charge is 2.21. The van der Waals surface area contributed by atoms with Gasteiger partial charge in [-0.05, 0) is 96.3 Å². The van der Waals surface area contributed by atoms with Crippen LogP contribution < -0.4 is 5.32 Å². The summed E-state index contributed by atoms with van der Waals surface area (Å²) in [5.74, 6) is 0. The first-order valence-corrected chi connectivity index (χ1v) is 24.1. The molecule has 0 aliphatic heterocycles. The Bertz CT molecular complexity index is 3370. The topological polar surface area (TPSA) is 21.9 Å². The maximum absolute atomic E-state index is 3.95. The van der Waals surface area contributed by atoms with E-state index in [9.17, 15) is 0 Å². The SMILES string of the molecule is C=C/C=C\c1c(C)c2ccccc2n1-c1cccc(-n2c3ccccc3c3c4sc5ccc(C6=CC=CC(Nc7ccccc7-c7ccccc7)C6)cc5c4ccc32)c1.CC.CC.CC. The third-order valence-electron chi connectivity index (χ3n) is 12.0. The monoisotopic (exact) mass is 865 g/mol. The molecule has 11 rings (SSSR count). The van der Waals surface area contributed by atoms with Crippen molar-refractivity contribution in [2.45, 2.75) is 60.9 Å². The van der Waals surface area contributed by atoms with E-state index in [1.807, 2.05) is 65.0 Å². The van der Waals surface area contributed by atoms with Crippen molar-refractivity contribution in [3.63, 3.8) is 0 Å². The fourth-order valence-electron chi connectivity index (χ4n) is 9.26. The summed E-state index contributed by atoms with van der Waals surface area (Å²) in [6, 6.07) is 57.7. The standard InChI is InChI=1S/C55H41N3S.3C2H6/c1-3-4-26-49-36(2)43-22-9-12-27-50(43)57(49)41-20-15-21-42(35-41)58-51-28-13-10-24-46(51)54-52(58)31-30-45-47-34-39(29-32-53(47)59-55(45)54)38-18-14-19-40(33-38)56-48-25-11-8-23-44(48)37-16-6-5-7-17-37;3*1-2/h3-32,34-35,40,56H,1,33H2,2H3;3*1-2H3/b26-4-;;;. The fraction of sp³-hybridized carbons (Fsp3) is 0.148. The van der Waals surface area contributed by atoms with Crippen molar-refractivity contribution < 1.29 is 0 Å². The number of aryl methyl sites for hydroxylation is 1. The smallest absolute Gasteiger partial charge is 0.0555 e. The molecule has 0 amide bonds. The number of benzene rings is 7. The van der Waals surface area contributed by atoms with Gasteiger partial charge in [0.25, 0.3) is 0 Å². The summed E-state index contributed by atoms with van der Waals surface area (Å²) in [6.07, 6.45) is 13.7. The molecule has 65 heavy (non-hydrogen) atoms. The molecular formula is C61H59N3S. The van der Waals surface area contributed by atoms with Crippen LogP contribution in [0.3, 0.4) is 0 Å². The van der Waals surface area contributed by atoms with E-state index in [0.29, 0.717) is 0 Å². The molecule has 1 atom stereocenters. The number of aromatic nitrogens is 2. The molecule has 0 fully saturated rings. The van der Waals surface area contributed by atoms with E-state index in [-0.39, 0.29) is 6.04 Å². The summed E-state index contributed by atoms with van der Waals surface area (Å²) in [5.41, 5.74) is 14.5. The zero-order chi connectivity index (χ0) is 45.5. The van der Waals surface area contributed by atoms with Crippen molar-refractivity contribution in [2.75, 3.05) is 5.32 Å². The van der Waals surface area contributed by atoms with E-state index in [2.05, 4.69) is 210 Å². The summed E-state index contributed by atoms with van der Waals surface area (Å²) >= 11 is 1.91. The molecule has 0 bridgehead atoms. The van der Waals surface area contributed by atoms with Gasteiger partial charge < -0.3 is 14.5 Å². The third-order valence-corrected chi connectivity index (χ3v) is 13.2. The summed E-state index contributed by atoms with van der Waals surface area (Å²) < 4.78 is 7.47. The van der Waals surface area contributed by atoms with Gasteiger partial charge >= 0.3 is 0 Å². The quantitative estimate of drug-likeness (QED) is 0.151. The average molecular weight is 866 g/mol. The highest BCUT2D eigenvalue weighted by molar-refractivity contribution is 7.26. The zero-order valence-corrected chi connectivity index (χ0v) is 39.6. The van der Waals surface area contributed by atoms with E-state index in [0.717, 1.165) is 29.2 Å². The molecule has 0 spiro atoms. The first-order chi connectivity index (χ1) is 32.1. The van der Waals surface area contributed by atoms with E-state index < -0.39 is 0 Å². The first kappa shape index (κ1) is 44.5. The molecule has 0 radical (unpaired) electrons. The van der Waals surface area contributed by atoms with Crippen LogP contribution in [0.25, 0.3) is 87.0 Å². The van der Waals surface area contributed by atoms with Gasteiger partial charge in [-0.15, -0.1) is 11.3 Å². The molecule has 1 unspecified atom stereocenters. The highest BCUT2D eigenvalue weighted by Crippen LogP contribution is 2.45. The van der Waals surface area contributed by atoms with Crippen LogP contribution in [-0.2, 0) is 0 Å². The number of nitrogens with zero attached hydrogens (tertiary/aromatic N) is 2. The largest absolute Gasteiger partial charge is 0.378 e. The number of allylic oxidation sites excluding steroid dienone is 4. The maximum Gasteiger partial charge on any atom is 0.0555 e. The lowest BCUT2D eigenvalue weighted by Crippen LogP contribution is -2.19. The van der Waals surface area contributed by atoms with Gasteiger partial charge in [0.2, 0.25) is 0 Å². The van der Waals surface area contributed by atoms with Gasteiger partial charge in [0, 0.05) is 70.7 Å². The van der Waals surface area contributed by atoms with Crippen LogP contribution in [0.4, 0.5) is 5.69 Å². The maximum atomic E-state index is 3.95. The van der Waals surface area contributed by atoms with Crippen molar-refractivity contribution in [2.24, 2.45) is 0 Å². The number of hydrogen-bond acceptors (Lipinski definition) is 2. The van der Waals surface area contributed by atoms with E-state index in [1.165, 1.54) is 80.7 Å². The first-order valence-electron chi connectivity index (χ1n) is 23.3. The van der Waals surface area contributed by atoms with Gasteiger partial charge in [-0.25, -0.2) is 0 Å². The second-order valence-corrected chi connectivity index (χ2v) is 16.5. The summed E-state index contributed by atoms with van der Waals surface area (Å²) in [7, 11) is 0. The Labute approximate surface area is 389 Å². The minimum absolute atomic E-state index is 0.189. The number of rotatable bonds is 8. The predicted molar refractivity (Wildman–Crippen MR) is 290 cm³/mol. The van der Waals surface area contributed by atoms with Crippen molar-refractivity contribution >= 4 is 81.6 Å². The van der Waals surface area contributed by atoms with Gasteiger partial charge in [-0.1, -0.05) is 182 Å². The molecule has 3 nitrogen and oxygen atoms in total. The molecule has 1 aliphatic rings. The Kier molecular flexibility index (Phi) is 13.8. The Hall–Kier alpha value is -7.14. The Balaban J connectivity index is 0.000000924. The molecule has 1 aliphatic carbocycles. The zero-order valence-electron chi connectivity index (χ0n) is 38.8. The average Bonchev–Trinajstić information content (AvgIpc) is 4.02. The number of para-hydroxylation sites is 3. The minimum atomic E-state index is 0.189. The van der Waals surface area contributed by atoms with Crippen LogP contribution in [0.15, 0.2) is 195 Å². The molecule has 0 saturated heterocycles. The van der Waals surface area contributed by atoms with Gasteiger partial charge in [-0.3, -0.25) is 0 Å². The minimum Gasteiger partial charge on any atom is -0.378 e. The van der Waals surface area contributed by atoms with Gasteiger partial charge in [0.05, 0.1) is 16.6 Å². The number of thiophene rings is 1. The van der Waals surface area contributed by atoms with E-state index >= 15 is 0 Å². The summed E-state index contributed by atoms with van der Waals surface area (Å²) in [6.45, 7) is 18.2. The normalized spacial score (nSPS) is 13.3. The number of hydrogen-bond donors (Lipinski definition) is 1. The van der Waals surface area contributed by atoms with Crippen LogP contribution in [0.2, 0.25) is 0 Å². The highest BCUT2D eigenvalue weighted by atomic mass is 32.1. The molecule has 324 valence electrons. The van der Waals surface area contributed by atoms with Gasteiger partial charge in [0.15, 0.2) is 0 Å². The number of nitrogens with one attached hydrogen (secondary N) is 1. The van der Waals surface area contributed by atoms with Crippen LogP contribution in [0, 0.1) is 6.92 Å². The van der Waals surface area contributed by atoms with Crippen molar-refractivity contribution in [1.29, 1.82) is 0 Å². The number of fused-ring (bicyclic) bond motifs is 8. The number of anilines is 1. The Morgan fingerprint density at radius 2 is 1.28 bits per heavy atom. The third kappa shape index (κ3) is 8.27. The second-order valence-electron chi connectivity index (χ2n) is 15.4. The van der Waals surface area contributed by atoms with Crippen LogP contribution in [-0.4, -0.2) is 15.2 Å². The lowest BCUT2D eigenvalue weighted by molar-refractivity contribution is 0.897. The van der Waals surface area contributed by atoms with Crippen LogP contribution in [0.1, 0.15) is 64.8 Å². The predicted octanol–water partition coefficient (Wildman–Crippen LogP) is 18.2. The van der Waals surface area contributed by atoms with Crippen molar-refractivity contribution in [3.05, 3.63) is 212 Å². The van der Waals surface area contributed by atoms with Gasteiger partial charge in [0.1, 0.15) is 0 Å².